The van der Waals surface area contributed by atoms with E-state index in [4.69, 9.17) is 4.84 Å². The quantitative estimate of drug-likeness (QED) is 0.429. The molecule has 2 saturated heterocycles. The van der Waals surface area contributed by atoms with Gasteiger partial charge in [-0.25, -0.2) is 14.8 Å². The van der Waals surface area contributed by atoms with Gasteiger partial charge in [-0.3, -0.25) is 14.5 Å². The van der Waals surface area contributed by atoms with Gasteiger partial charge in [0.15, 0.2) is 0 Å². The molecule has 1 spiro atoms. The number of hydrogen-bond acceptors (Lipinski definition) is 6. The van der Waals surface area contributed by atoms with Gasteiger partial charge in [0.05, 0.1) is 12.0 Å². The van der Waals surface area contributed by atoms with Crippen LogP contribution < -0.4 is 16.2 Å². The summed E-state index contributed by atoms with van der Waals surface area (Å²) in [6.45, 7) is 2.87. The Labute approximate surface area is 239 Å². The lowest BCUT2D eigenvalue weighted by Crippen LogP contribution is -2.53. The van der Waals surface area contributed by atoms with E-state index in [0.717, 1.165) is 62.6 Å². The van der Waals surface area contributed by atoms with Crippen molar-refractivity contribution in [3.63, 3.8) is 0 Å². The summed E-state index contributed by atoms with van der Waals surface area (Å²) in [4.78, 5) is 22.1. The molecule has 40 heavy (non-hydrogen) atoms. The van der Waals surface area contributed by atoms with Gasteiger partial charge in [-0.2, -0.15) is 5.48 Å². The number of nitrogens with zero attached hydrogens (tertiary/aromatic N) is 2. The van der Waals surface area contributed by atoms with E-state index in [9.17, 15) is 4.79 Å². The maximum absolute atomic E-state index is 16.0. The van der Waals surface area contributed by atoms with Crippen LogP contribution in [-0.2, 0) is 16.1 Å². The molecular weight excluding hydrogens is 505 g/mol. The van der Waals surface area contributed by atoms with Gasteiger partial charge in [0.1, 0.15) is 18.2 Å². The zero-order chi connectivity index (χ0) is 27.7. The van der Waals surface area contributed by atoms with Gasteiger partial charge in [-0.15, -0.1) is 0 Å². The van der Waals surface area contributed by atoms with Gasteiger partial charge in [0, 0.05) is 30.7 Å². The lowest BCUT2D eigenvalue weighted by molar-refractivity contribution is -0.127. The summed E-state index contributed by atoms with van der Waals surface area (Å²) in [5, 5.41) is 5.45. The molecule has 5 aliphatic rings. The van der Waals surface area contributed by atoms with E-state index in [0.29, 0.717) is 11.6 Å². The van der Waals surface area contributed by atoms with Crippen LogP contribution in [0.25, 0.3) is 0 Å². The molecule has 1 aromatic rings. The number of nitrogens with one attached hydrogen (secondary N) is 3. The van der Waals surface area contributed by atoms with Crippen molar-refractivity contribution in [1.29, 1.82) is 0 Å². The summed E-state index contributed by atoms with van der Waals surface area (Å²) in [6, 6.07) is 4.04. The van der Waals surface area contributed by atoms with Gasteiger partial charge < -0.3 is 5.32 Å². The molecule has 0 radical (unpaired) electrons. The highest BCUT2D eigenvalue weighted by molar-refractivity contribution is 5.81. The van der Waals surface area contributed by atoms with E-state index in [-0.39, 0.29) is 41.6 Å². The van der Waals surface area contributed by atoms with Crippen LogP contribution in [0.4, 0.5) is 4.39 Å². The maximum atomic E-state index is 16.0. The Hall–Kier alpha value is -1.58. The number of hydrazine groups is 1. The topological polar surface area (TPSA) is 68.9 Å². The van der Waals surface area contributed by atoms with Gasteiger partial charge >= 0.3 is 0 Å². The van der Waals surface area contributed by atoms with Crippen LogP contribution in [0.5, 0.6) is 0 Å². The highest BCUT2D eigenvalue weighted by Crippen LogP contribution is 2.42. The molecule has 4 atom stereocenters. The maximum Gasteiger partial charge on any atom is 0.226 e. The number of hydrogen-bond donors (Lipinski definition) is 3. The molecule has 7 nitrogen and oxygen atoms in total. The van der Waals surface area contributed by atoms with Gasteiger partial charge in [-0.05, 0) is 68.2 Å². The average molecular weight is 556 g/mol. The van der Waals surface area contributed by atoms with E-state index >= 15 is 4.39 Å². The van der Waals surface area contributed by atoms with Crippen molar-refractivity contribution in [2.75, 3.05) is 13.6 Å². The van der Waals surface area contributed by atoms with Crippen molar-refractivity contribution in [3.05, 3.63) is 34.6 Å². The molecule has 222 valence electrons. The van der Waals surface area contributed by atoms with Crippen molar-refractivity contribution >= 4 is 5.91 Å². The Bertz CT molecular complexity index is 1040. The first-order valence-electron chi connectivity index (χ1n) is 16.3. The molecule has 8 heteroatoms. The minimum absolute atomic E-state index is 0.0410. The first kappa shape index (κ1) is 28.5. The van der Waals surface area contributed by atoms with Crippen molar-refractivity contribution in [1.82, 2.24) is 26.1 Å². The number of hydroxylamine groups is 1. The normalized spacial score (nSPS) is 32.1. The molecule has 2 saturated carbocycles. The standard InChI is InChI=1S/C32H50FN5O2/c1-3-29-38(23-13-9-6-4-5-7-10-14-23)30(35-40-29)25-19-22-15-16-28(24(22)20-27(25)33)34-31(39)26-21-37(2)36-32(26)17-11-8-12-18-32/h19-20,23,26,28-30,35-36H,3-18,21H2,1-2H3,(H,34,39)/t26?,28-,29?,30?/m1/s1. The molecule has 4 fully saturated rings. The number of halogens is 1. The zero-order valence-electron chi connectivity index (χ0n) is 24.7. The minimum Gasteiger partial charge on any atom is -0.349 e. The Morgan fingerprint density at radius 1 is 1.02 bits per heavy atom. The fourth-order valence-corrected chi connectivity index (χ4v) is 8.51. The molecule has 0 aromatic heterocycles. The third-order valence-corrected chi connectivity index (χ3v) is 10.6. The van der Waals surface area contributed by atoms with Crippen LogP contribution in [0.1, 0.15) is 132 Å². The summed E-state index contributed by atoms with van der Waals surface area (Å²) in [5.74, 6) is -0.153. The lowest BCUT2D eigenvalue weighted by Gasteiger charge is -2.38. The largest absolute Gasteiger partial charge is 0.349 e. The number of rotatable bonds is 5. The van der Waals surface area contributed by atoms with E-state index in [1.54, 1.807) is 6.07 Å². The molecule has 3 N–H and O–H groups in total. The number of benzene rings is 1. The van der Waals surface area contributed by atoms with Gasteiger partial charge in [0.25, 0.3) is 0 Å². The third-order valence-electron chi connectivity index (χ3n) is 10.6. The number of carbonyl (C=O) groups is 1. The average Bonchev–Trinajstić information content (AvgIpc) is 3.65. The zero-order valence-corrected chi connectivity index (χ0v) is 24.7. The summed E-state index contributed by atoms with van der Waals surface area (Å²) in [5.41, 5.74) is 9.52. The van der Waals surface area contributed by atoms with Crippen molar-refractivity contribution in [3.8, 4) is 0 Å². The smallest absolute Gasteiger partial charge is 0.226 e. The van der Waals surface area contributed by atoms with Crippen LogP contribution in [0, 0.1) is 11.7 Å². The van der Waals surface area contributed by atoms with Crippen molar-refractivity contribution < 1.29 is 14.0 Å². The number of amides is 1. The van der Waals surface area contributed by atoms with Crippen LogP contribution in [0.2, 0.25) is 0 Å². The van der Waals surface area contributed by atoms with Crippen molar-refractivity contribution in [2.24, 2.45) is 5.92 Å². The Morgan fingerprint density at radius 2 is 1.73 bits per heavy atom. The Kier molecular flexibility index (Phi) is 8.80. The third kappa shape index (κ3) is 5.59. The molecule has 3 unspecified atom stereocenters. The van der Waals surface area contributed by atoms with E-state index in [2.05, 4.69) is 39.1 Å². The summed E-state index contributed by atoms with van der Waals surface area (Å²) in [6.07, 6.45) is 17.9. The number of carbonyl (C=O) groups excluding carboxylic acids is 1. The van der Waals surface area contributed by atoms with Crippen LogP contribution in [-0.4, -0.2) is 47.2 Å². The summed E-state index contributed by atoms with van der Waals surface area (Å²) < 4.78 is 16.0. The lowest BCUT2D eigenvalue weighted by atomic mass is 9.73. The monoisotopic (exact) mass is 555 g/mol. The molecule has 6 rings (SSSR count). The predicted molar refractivity (Wildman–Crippen MR) is 154 cm³/mol. The van der Waals surface area contributed by atoms with E-state index < -0.39 is 0 Å². The Morgan fingerprint density at radius 3 is 2.45 bits per heavy atom. The van der Waals surface area contributed by atoms with Crippen molar-refractivity contribution in [2.45, 2.75) is 140 Å². The van der Waals surface area contributed by atoms with Crippen LogP contribution in [0.15, 0.2) is 12.1 Å². The molecule has 2 aliphatic heterocycles. The van der Waals surface area contributed by atoms with E-state index in [1.807, 2.05) is 7.05 Å². The number of fused-ring (bicyclic) bond motifs is 1. The van der Waals surface area contributed by atoms with Crippen LogP contribution in [0.3, 0.4) is 0 Å². The second-order valence-corrected chi connectivity index (χ2v) is 13.2. The SMILES string of the molecule is CCC1ONC(c2cc3c(cc2F)[C@H](NC(=O)C2CN(C)NC24CCCCC4)CC3)N1C1CCCCCCCC1. The highest BCUT2D eigenvalue weighted by Gasteiger charge is 2.50. The predicted octanol–water partition coefficient (Wildman–Crippen LogP) is 5.77. The Balaban J connectivity index is 1.20. The molecule has 0 bridgehead atoms. The molecule has 1 amide bonds. The van der Waals surface area contributed by atoms with Gasteiger partial charge in [-0.1, -0.05) is 64.7 Å². The molecular formula is C32H50FN5O2. The highest BCUT2D eigenvalue weighted by atomic mass is 19.1. The molecule has 3 aliphatic carbocycles. The second-order valence-electron chi connectivity index (χ2n) is 13.2. The number of aryl methyl sites for hydroxylation is 1. The second kappa shape index (κ2) is 12.3. The molecule has 1 aromatic carbocycles. The fraction of sp³-hybridized carbons (Fsp3) is 0.781. The van der Waals surface area contributed by atoms with E-state index in [1.165, 1.54) is 57.8 Å². The minimum atomic E-state index is -0.277. The molecule has 2 heterocycles. The summed E-state index contributed by atoms with van der Waals surface area (Å²) >= 11 is 0. The first-order chi connectivity index (χ1) is 19.5. The summed E-state index contributed by atoms with van der Waals surface area (Å²) in [7, 11) is 2.04. The fourth-order valence-electron chi connectivity index (χ4n) is 8.51. The first-order valence-corrected chi connectivity index (χ1v) is 16.3. The van der Waals surface area contributed by atoms with Crippen LogP contribution >= 0.6 is 0 Å². The van der Waals surface area contributed by atoms with Gasteiger partial charge in [0.2, 0.25) is 5.91 Å².